The van der Waals surface area contributed by atoms with Gasteiger partial charge in [-0.1, -0.05) is 12.1 Å². The Balaban J connectivity index is 1.62. The second kappa shape index (κ2) is 6.76. The summed E-state index contributed by atoms with van der Waals surface area (Å²) in [5.41, 5.74) is 7.81. The van der Waals surface area contributed by atoms with Gasteiger partial charge < -0.3 is 16.0 Å². The average molecular weight is 247 g/mol. The van der Waals surface area contributed by atoms with Gasteiger partial charge in [0.1, 0.15) is 0 Å². The van der Waals surface area contributed by atoms with Crippen LogP contribution in [0.15, 0.2) is 24.3 Å². The van der Waals surface area contributed by atoms with Crippen molar-refractivity contribution in [2.45, 2.75) is 25.8 Å². The van der Waals surface area contributed by atoms with Crippen LogP contribution in [0.25, 0.3) is 0 Å². The van der Waals surface area contributed by atoms with Gasteiger partial charge in [0.15, 0.2) is 0 Å². The molecule has 2 rings (SSSR count). The Morgan fingerprint density at radius 2 is 2.11 bits per heavy atom. The molecule has 3 N–H and O–H groups in total. The van der Waals surface area contributed by atoms with E-state index < -0.39 is 0 Å². The van der Waals surface area contributed by atoms with Crippen molar-refractivity contribution in [3.63, 3.8) is 0 Å². The van der Waals surface area contributed by atoms with Gasteiger partial charge in [0, 0.05) is 18.8 Å². The molecule has 0 aromatic heterocycles. The van der Waals surface area contributed by atoms with E-state index in [1.165, 1.54) is 37.9 Å². The maximum Gasteiger partial charge on any atom is 0.0314 e. The van der Waals surface area contributed by atoms with E-state index in [-0.39, 0.29) is 0 Å². The smallest absolute Gasteiger partial charge is 0.0314 e. The molecule has 0 aliphatic carbocycles. The summed E-state index contributed by atoms with van der Waals surface area (Å²) in [5, 5.41) is 3.52. The number of hydrogen-bond acceptors (Lipinski definition) is 3. The van der Waals surface area contributed by atoms with E-state index in [0.717, 1.165) is 24.7 Å². The molecule has 3 nitrogen and oxygen atoms in total. The third kappa shape index (κ3) is 4.31. The van der Waals surface area contributed by atoms with Gasteiger partial charge >= 0.3 is 0 Å². The van der Waals surface area contributed by atoms with Crippen LogP contribution in [0, 0.1) is 5.92 Å². The summed E-state index contributed by atoms with van der Waals surface area (Å²) < 4.78 is 0. The molecular formula is C15H25N3. The number of piperidine rings is 1. The summed E-state index contributed by atoms with van der Waals surface area (Å²) in [5.74, 6) is 0.877. The van der Waals surface area contributed by atoms with Crippen LogP contribution in [0.4, 0.5) is 5.69 Å². The highest BCUT2D eigenvalue weighted by Crippen LogP contribution is 2.17. The predicted molar refractivity (Wildman–Crippen MR) is 77.4 cm³/mol. The lowest BCUT2D eigenvalue weighted by molar-refractivity contribution is 0.201. The molecule has 1 aromatic carbocycles. The molecule has 1 heterocycles. The van der Waals surface area contributed by atoms with Crippen molar-refractivity contribution in [2.75, 3.05) is 32.4 Å². The van der Waals surface area contributed by atoms with Crippen LogP contribution >= 0.6 is 0 Å². The Morgan fingerprint density at radius 3 is 2.83 bits per heavy atom. The normalized spacial score (nSPS) is 21.1. The van der Waals surface area contributed by atoms with Crippen molar-refractivity contribution in [3.05, 3.63) is 29.8 Å². The van der Waals surface area contributed by atoms with Gasteiger partial charge in [-0.3, -0.25) is 0 Å². The van der Waals surface area contributed by atoms with Crippen molar-refractivity contribution in [1.29, 1.82) is 0 Å². The zero-order valence-electron chi connectivity index (χ0n) is 11.4. The molecule has 100 valence electrons. The largest absolute Gasteiger partial charge is 0.399 e. The molecule has 1 unspecified atom stereocenters. The van der Waals surface area contributed by atoms with Gasteiger partial charge in [-0.05, 0) is 63.0 Å². The topological polar surface area (TPSA) is 41.3 Å². The fourth-order valence-electron chi connectivity index (χ4n) is 2.68. The minimum atomic E-state index is 0.837. The van der Waals surface area contributed by atoms with Crippen molar-refractivity contribution in [3.8, 4) is 0 Å². The molecule has 1 aromatic rings. The minimum absolute atomic E-state index is 0.837. The number of anilines is 1. The molecule has 0 bridgehead atoms. The third-order valence-electron chi connectivity index (χ3n) is 3.76. The highest BCUT2D eigenvalue weighted by molar-refractivity contribution is 5.39. The van der Waals surface area contributed by atoms with E-state index in [2.05, 4.69) is 29.4 Å². The second-order valence-corrected chi connectivity index (χ2v) is 5.48. The van der Waals surface area contributed by atoms with Crippen LogP contribution in [0.2, 0.25) is 0 Å². The van der Waals surface area contributed by atoms with Crippen LogP contribution < -0.4 is 11.1 Å². The highest BCUT2D eigenvalue weighted by Gasteiger charge is 2.16. The average Bonchev–Trinajstić information content (AvgIpc) is 2.37. The molecule has 1 saturated heterocycles. The van der Waals surface area contributed by atoms with E-state index in [9.17, 15) is 0 Å². The number of nitrogen functional groups attached to an aromatic ring is 1. The summed E-state index contributed by atoms with van der Waals surface area (Å²) in [7, 11) is 2.23. The molecule has 0 saturated carbocycles. The summed E-state index contributed by atoms with van der Waals surface area (Å²) in [6.45, 7) is 4.60. The molecule has 1 aliphatic heterocycles. The molecule has 3 heteroatoms. The van der Waals surface area contributed by atoms with E-state index in [4.69, 9.17) is 5.73 Å². The van der Waals surface area contributed by atoms with Crippen LogP contribution in [0.5, 0.6) is 0 Å². The van der Waals surface area contributed by atoms with Gasteiger partial charge in [0.2, 0.25) is 0 Å². The molecule has 18 heavy (non-hydrogen) atoms. The first-order valence-corrected chi connectivity index (χ1v) is 6.98. The van der Waals surface area contributed by atoms with Crippen molar-refractivity contribution in [2.24, 2.45) is 5.92 Å². The van der Waals surface area contributed by atoms with Gasteiger partial charge in [0.25, 0.3) is 0 Å². The molecule has 1 atom stereocenters. The Morgan fingerprint density at radius 1 is 1.33 bits per heavy atom. The fraction of sp³-hybridized carbons (Fsp3) is 0.600. The van der Waals surface area contributed by atoms with Crippen molar-refractivity contribution >= 4 is 5.69 Å². The van der Waals surface area contributed by atoms with Gasteiger partial charge in [0.05, 0.1) is 0 Å². The maximum atomic E-state index is 5.67. The predicted octanol–water partition coefficient (Wildman–Crippen LogP) is 2.09. The number of hydrogen-bond donors (Lipinski definition) is 2. The van der Waals surface area contributed by atoms with E-state index in [0.29, 0.717) is 0 Å². The van der Waals surface area contributed by atoms with Crippen LogP contribution in [-0.2, 0) is 6.54 Å². The Hall–Kier alpha value is -1.06. The molecule has 0 spiro atoms. The van der Waals surface area contributed by atoms with Gasteiger partial charge in [-0.25, -0.2) is 0 Å². The second-order valence-electron chi connectivity index (χ2n) is 5.48. The lowest BCUT2D eigenvalue weighted by atomic mass is 9.95. The van der Waals surface area contributed by atoms with E-state index in [1.807, 2.05) is 12.1 Å². The molecular weight excluding hydrogens is 222 g/mol. The quantitative estimate of drug-likeness (QED) is 0.618. The zero-order valence-corrected chi connectivity index (χ0v) is 11.4. The Kier molecular flexibility index (Phi) is 5.02. The summed E-state index contributed by atoms with van der Waals surface area (Å²) in [6.07, 6.45) is 4.05. The Bertz CT molecular complexity index is 347. The first-order chi connectivity index (χ1) is 8.74. The molecule has 1 aliphatic rings. The third-order valence-corrected chi connectivity index (χ3v) is 3.76. The summed E-state index contributed by atoms with van der Waals surface area (Å²) in [4.78, 5) is 2.45. The number of rotatable bonds is 5. The maximum absolute atomic E-state index is 5.67. The van der Waals surface area contributed by atoms with Crippen molar-refractivity contribution < 1.29 is 0 Å². The van der Waals surface area contributed by atoms with Gasteiger partial charge in [-0.15, -0.1) is 0 Å². The summed E-state index contributed by atoms with van der Waals surface area (Å²) in [6, 6.07) is 8.12. The molecule has 1 fully saturated rings. The number of nitrogens with zero attached hydrogens (tertiary/aromatic N) is 1. The van der Waals surface area contributed by atoms with Gasteiger partial charge in [-0.2, -0.15) is 0 Å². The van der Waals surface area contributed by atoms with Crippen molar-refractivity contribution in [1.82, 2.24) is 10.2 Å². The first-order valence-electron chi connectivity index (χ1n) is 6.98. The van der Waals surface area contributed by atoms with Crippen LogP contribution in [0.1, 0.15) is 24.8 Å². The first kappa shape index (κ1) is 13.4. The van der Waals surface area contributed by atoms with E-state index >= 15 is 0 Å². The standard InChI is InChI=1S/C15H25N3/c1-18-10-2-3-14(12-18)8-9-17-11-13-4-6-15(16)7-5-13/h4-7,14,17H,2-3,8-12,16H2,1H3. The molecule has 0 amide bonds. The number of benzene rings is 1. The van der Waals surface area contributed by atoms with E-state index in [1.54, 1.807) is 0 Å². The minimum Gasteiger partial charge on any atom is -0.399 e. The molecule has 0 radical (unpaired) electrons. The summed E-state index contributed by atoms with van der Waals surface area (Å²) >= 11 is 0. The highest BCUT2D eigenvalue weighted by atomic mass is 15.1. The van der Waals surface area contributed by atoms with Crippen LogP contribution in [-0.4, -0.2) is 31.6 Å². The Labute approximate surface area is 110 Å². The zero-order chi connectivity index (χ0) is 12.8. The fourth-order valence-corrected chi connectivity index (χ4v) is 2.68. The number of likely N-dealkylation sites (tertiary alicyclic amines) is 1. The SMILES string of the molecule is CN1CCCC(CCNCc2ccc(N)cc2)C1. The number of nitrogens with one attached hydrogen (secondary N) is 1. The lowest BCUT2D eigenvalue weighted by Crippen LogP contribution is -2.33. The van der Waals surface area contributed by atoms with Crippen LogP contribution in [0.3, 0.4) is 0 Å². The lowest BCUT2D eigenvalue weighted by Gasteiger charge is -2.29. The monoisotopic (exact) mass is 247 g/mol. The number of nitrogens with two attached hydrogens (primary N) is 1.